The highest BCUT2D eigenvalue weighted by Crippen LogP contribution is 2.46. The molecule has 38 heavy (non-hydrogen) atoms. The molecule has 192 valence electrons. The molecule has 8 nitrogen and oxygen atoms in total. The van der Waals surface area contributed by atoms with Gasteiger partial charge in [-0.05, 0) is 68.0 Å². The summed E-state index contributed by atoms with van der Waals surface area (Å²) in [6.45, 7) is 2.43. The van der Waals surface area contributed by atoms with E-state index in [1.165, 1.54) is 6.07 Å². The number of benzene rings is 1. The number of aromatic nitrogens is 4. The summed E-state index contributed by atoms with van der Waals surface area (Å²) in [5, 5.41) is 7.40. The summed E-state index contributed by atoms with van der Waals surface area (Å²) in [4.78, 5) is 24.5. The predicted molar refractivity (Wildman–Crippen MR) is 141 cm³/mol. The molecular formula is C29H27FN6O2. The Bertz CT molecular complexity index is 1590. The number of amides is 2. The summed E-state index contributed by atoms with van der Waals surface area (Å²) in [5.41, 5.74) is 7.74. The molecule has 1 atom stereocenters. The molecular weight excluding hydrogens is 483 g/mol. The van der Waals surface area contributed by atoms with Crippen LogP contribution < -0.4 is 15.0 Å². The van der Waals surface area contributed by atoms with Gasteiger partial charge in [-0.3, -0.25) is 19.5 Å². The van der Waals surface area contributed by atoms with Crippen LogP contribution >= 0.6 is 0 Å². The molecule has 4 aromatic rings. The van der Waals surface area contributed by atoms with Gasteiger partial charge in [0, 0.05) is 37.0 Å². The van der Waals surface area contributed by atoms with Crippen LogP contribution in [0.1, 0.15) is 59.4 Å². The van der Waals surface area contributed by atoms with Crippen LogP contribution in [0.15, 0.2) is 48.8 Å². The number of halogens is 1. The lowest BCUT2D eigenvalue weighted by molar-refractivity contribution is 0.167. The summed E-state index contributed by atoms with van der Waals surface area (Å²) in [5.74, 6) is 0.694. The molecule has 3 aromatic heterocycles. The van der Waals surface area contributed by atoms with E-state index in [1.807, 2.05) is 32.2 Å². The topological polar surface area (TPSA) is 85.2 Å². The smallest absolute Gasteiger partial charge is 0.326 e. The third-order valence-corrected chi connectivity index (χ3v) is 7.71. The van der Waals surface area contributed by atoms with E-state index < -0.39 is 6.10 Å². The van der Waals surface area contributed by atoms with Gasteiger partial charge in [0.15, 0.2) is 0 Å². The van der Waals surface area contributed by atoms with Gasteiger partial charge in [-0.2, -0.15) is 5.10 Å². The van der Waals surface area contributed by atoms with Crippen LogP contribution in [0.25, 0.3) is 11.4 Å². The van der Waals surface area contributed by atoms with Crippen LogP contribution in [0.2, 0.25) is 0 Å². The molecule has 7 rings (SSSR count). The third-order valence-electron chi connectivity index (χ3n) is 7.71. The highest BCUT2D eigenvalue weighted by atomic mass is 19.1. The molecule has 1 fully saturated rings. The first kappa shape index (κ1) is 22.9. The lowest BCUT2D eigenvalue weighted by Crippen LogP contribution is -2.40. The summed E-state index contributed by atoms with van der Waals surface area (Å²) < 4.78 is 22.5. The molecule has 1 unspecified atom stereocenters. The number of nitrogens with zero attached hydrogens (tertiary/aromatic N) is 5. The Morgan fingerprint density at radius 3 is 2.74 bits per heavy atom. The maximum atomic E-state index is 14.4. The van der Waals surface area contributed by atoms with E-state index in [4.69, 9.17) is 9.72 Å². The van der Waals surface area contributed by atoms with Crippen molar-refractivity contribution in [1.29, 1.82) is 0 Å². The Balaban J connectivity index is 1.24. The number of ether oxygens (including phenoxy) is 1. The van der Waals surface area contributed by atoms with Crippen LogP contribution in [0.5, 0.6) is 5.75 Å². The van der Waals surface area contributed by atoms with Gasteiger partial charge >= 0.3 is 6.03 Å². The molecule has 2 aliphatic heterocycles. The van der Waals surface area contributed by atoms with Crippen LogP contribution in [0.4, 0.5) is 20.6 Å². The molecule has 0 saturated heterocycles. The minimum Gasteiger partial charge on any atom is -0.484 e. The second-order valence-electron chi connectivity index (χ2n) is 10.3. The quantitative estimate of drug-likeness (QED) is 0.374. The molecule has 0 radical (unpaired) electrons. The highest BCUT2D eigenvalue weighted by Gasteiger charge is 2.35. The Hall–Kier alpha value is -4.27. The van der Waals surface area contributed by atoms with E-state index in [0.29, 0.717) is 30.3 Å². The Labute approximate surface area is 219 Å². The monoisotopic (exact) mass is 510 g/mol. The van der Waals surface area contributed by atoms with Gasteiger partial charge in [0.25, 0.3) is 0 Å². The van der Waals surface area contributed by atoms with Crippen molar-refractivity contribution in [3.05, 3.63) is 82.7 Å². The van der Waals surface area contributed by atoms with E-state index in [2.05, 4.69) is 21.5 Å². The first-order valence-corrected chi connectivity index (χ1v) is 13.0. The number of carbonyl (C=O) groups is 1. The molecule has 0 spiro atoms. The van der Waals surface area contributed by atoms with E-state index >= 15 is 0 Å². The number of pyridine rings is 2. The van der Waals surface area contributed by atoms with Crippen molar-refractivity contribution in [1.82, 2.24) is 19.7 Å². The van der Waals surface area contributed by atoms with Crippen LogP contribution in [-0.2, 0) is 20.0 Å². The van der Waals surface area contributed by atoms with Crippen molar-refractivity contribution in [3.8, 4) is 17.1 Å². The lowest BCUT2D eigenvalue weighted by atomic mass is 9.96. The van der Waals surface area contributed by atoms with Gasteiger partial charge in [0.05, 0.1) is 35.0 Å². The van der Waals surface area contributed by atoms with Crippen molar-refractivity contribution in [2.45, 2.75) is 51.2 Å². The fourth-order valence-electron chi connectivity index (χ4n) is 5.59. The normalized spacial score (nSPS) is 18.4. The first-order chi connectivity index (χ1) is 18.5. The van der Waals surface area contributed by atoms with Crippen molar-refractivity contribution in [2.24, 2.45) is 7.05 Å². The fraction of sp³-hybridized carbons (Fsp3) is 0.310. The van der Waals surface area contributed by atoms with Crippen LogP contribution in [-0.4, -0.2) is 25.8 Å². The molecule has 2 amide bonds. The number of aryl methyl sites for hydroxylation is 3. The first-order valence-electron chi connectivity index (χ1n) is 13.0. The molecule has 5 heterocycles. The summed E-state index contributed by atoms with van der Waals surface area (Å²) in [6.07, 6.45) is 6.45. The zero-order valence-electron chi connectivity index (χ0n) is 21.2. The number of fused-ring (bicyclic) bond motifs is 2. The number of rotatable bonds is 4. The average molecular weight is 511 g/mol. The fourth-order valence-corrected chi connectivity index (χ4v) is 5.59. The number of hydrogen-bond donors (Lipinski definition) is 1. The summed E-state index contributed by atoms with van der Waals surface area (Å²) in [6, 6.07) is 10.6. The predicted octanol–water partition coefficient (Wildman–Crippen LogP) is 5.82. The van der Waals surface area contributed by atoms with Gasteiger partial charge in [-0.15, -0.1) is 0 Å². The average Bonchev–Trinajstić information content (AvgIpc) is 3.67. The molecule has 1 aromatic carbocycles. The van der Waals surface area contributed by atoms with Crippen LogP contribution in [0, 0.1) is 12.7 Å². The minimum atomic E-state index is -0.466. The van der Waals surface area contributed by atoms with E-state index in [-0.39, 0.29) is 11.8 Å². The molecule has 1 N–H and O–H groups in total. The van der Waals surface area contributed by atoms with Crippen molar-refractivity contribution >= 4 is 17.4 Å². The Kier molecular flexibility index (Phi) is 5.21. The number of anilines is 2. The lowest BCUT2D eigenvalue weighted by Gasteiger charge is -2.33. The zero-order valence-corrected chi connectivity index (χ0v) is 21.2. The SMILES string of the molecule is Cc1cc2c(cc1N1Cc3c(cc(-c4ccnn4C)nc3C3CC3)NC1=O)OC(c1ncccc1F)CC2. The number of hydrogen-bond acceptors (Lipinski definition) is 5. The summed E-state index contributed by atoms with van der Waals surface area (Å²) in [7, 11) is 1.89. The van der Waals surface area contributed by atoms with Gasteiger partial charge in [-0.25, -0.2) is 9.18 Å². The van der Waals surface area contributed by atoms with E-state index in [9.17, 15) is 9.18 Å². The maximum Gasteiger partial charge on any atom is 0.326 e. The van der Waals surface area contributed by atoms with E-state index in [1.54, 1.807) is 28.0 Å². The van der Waals surface area contributed by atoms with Crippen molar-refractivity contribution in [3.63, 3.8) is 0 Å². The second-order valence-corrected chi connectivity index (χ2v) is 10.3. The molecule has 3 aliphatic rings. The maximum absolute atomic E-state index is 14.4. The van der Waals surface area contributed by atoms with E-state index in [0.717, 1.165) is 64.4 Å². The second kappa shape index (κ2) is 8.65. The standard InChI is InChI=1S/C29H27FN6O2/c1-16-12-18-7-8-25(28-20(30)4-3-10-31-28)38-26(18)14-24(16)36-15-19-21(34-29(36)37)13-22(23-9-11-32-35(23)2)33-27(19)17-5-6-17/h3-4,9-14,17,25H,5-8,15H2,1-2H3,(H,34,37). The molecule has 0 bridgehead atoms. The third kappa shape index (κ3) is 3.81. The minimum absolute atomic E-state index is 0.201. The Morgan fingerprint density at radius 2 is 1.97 bits per heavy atom. The molecule has 9 heteroatoms. The Morgan fingerprint density at radius 1 is 1.11 bits per heavy atom. The number of urea groups is 1. The van der Waals surface area contributed by atoms with Crippen molar-refractivity contribution < 1.29 is 13.9 Å². The largest absolute Gasteiger partial charge is 0.484 e. The molecule has 1 aliphatic carbocycles. The molecule has 1 saturated carbocycles. The van der Waals surface area contributed by atoms with Crippen molar-refractivity contribution in [2.75, 3.05) is 10.2 Å². The highest BCUT2D eigenvalue weighted by molar-refractivity contribution is 6.05. The zero-order chi connectivity index (χ0) is 26.0. The van der Waals surface area contributed by atoms with Gasteiger partial charge in [-0.1, -0.05) is 6.07 Å². The van der Waals surface area contributed by atoms with Crippen LogP contribution in [0.3, 0.4) is 0 Å². The summed E-state index contributed by atoms with van der Waals surface area (Å²) >= 11 is 0. The number of carbonyl (C=O) groups excluding carboxylic acids is 1. The number of nitrogens with one attached hydrogen (secondary N) is 1. The van der Waals surface area contributed by atoms with Gasteiger partial charge < -0.3 is 10.1 Å². The van der Waals surface area contributed by atoms with Gasteiger partial charge in [0.1, 0.15) is 23.4 Å². The van der Waals surface area contributed by atoms with Gasteiger partial charge in [0.2, 0.25) is 0 Å².